The van der Waals surface area contributed by atoms with Gasteiger partial charge >= 0.3 is 0 Å². The van der Waals surface area contributed by atoms with E-state index in [1.54, 1.807) is 0 Å². The predicted octanol–water partition coefficient (Wildman–Crippen LogP) is 5.20. The first-order valence-electron chi connectivity index (χ1n) is 7.92. The number of thiophene rings is 1. The number of H-pyrrole nitrogens is 1. The molecule has 0 unspecified atom stereocenters. The molecular formula is C20H15ClN2OS. The molecule has 0 aliphatic heterocycles. The summed E-state index contributed by atoms with van der Waals surface area (Å²) < 4.78 is 0. The largest absolute Gasteiger partial charge is 0.310 e. The third kappa shape index (κ3) is 3.23. The van der Waals surface area contributed by atoms with Gasteiger partial charge in [0.2, 0.25) is 0 Å². The summed E-state index contributed by atoms with van der Waals surface area (Å²) in [6.07, 6.45) is 0.570. The van der Waals surface area contributed by atoms with Gasteiger partial charge in [-0.15, -0.1) is 11.3 Å². The number of aryl methyl sites for hydroxylation is 1. The summed E-state index contributed by atoms with van der Waals surface area (Å²) in [6, 6.07) is 15.8. The molecule has 2 aromatic carbocycles. The topological polar surface area (TPSA) is 45.8 Å². The van der Waals surface area contributed by atoms with E-state index in [-0.39, 0.29) is 5.56 Å². The monoisotopic (exact) mass is 366 g/mol. The normalized spacial score (nSPS) is 11.1. The summed E-state index contributed by atoms with van der Waals surface area (Å²) in [6.45, 7) is 2.05. The molecule has 3 nitrogen and oxygen atoms in total. The van der Waals surface area contributed by atoms with Gasteiger partial charge in [0.1, 0.15) is 10.7 Å². The Hall–Kier alpha value is -2.43. The van der Waals surface area contributed by atoms with Crippen LogP contribution in [0.15, 0.2) is 58.7 Å². The minimum Gasteiger partial charge on any atom is -0.310 e. The molecule has 5 heteroatoms. The Labute approximate surface area is 154 Å². The Morgan fingerprint density at radius 2 is 1.80 bits per heavy atom. The molecule has 0 aliphatic carbocycles. The van der Waals surface area contributed by atoms with Crippen molar-refractivity contribution >= 4 is 33.2 Å². The average molecular weight is 367 g/mol. The van der Waals surface area contributed by atoms with Crippen LogP contribution in [0, 0.1) is 6.92 Å². The molecule has 0 fully saturated rings. The molecule has 0 amide bonds. The van der Waals surface area contributed by atoms with Crippen molar-refractivity contribution in [2.75, 3.05) is 0 Å². The van der Waals surface area contributed by atoms with Crippen molar-refractivity contribution in [3.63, 3.8) is 0 Å². The fourth-order valence-corrected chi connectivity index (χ4v) is 3.91. The van der Waals surface area contributed by atoms with Crippen molar-refractivity contribution in [2.45, 2.75) is 13.3 Å². The van der Waals surface area contributed by atoms with E-state index >= 15 is 0 Å². The highest BCUT2D eigenvalue weighted by molar-refractivity contribution is 7.17. The highest BCUT2D eigenvalue weighted by Crippen LogP contribution is 2.31. The van der Waals surface area contributed by atoms with E-state index < -0.39 is 0 Å². The lowest BCUT2D eigenvalue weighted by Gasteiger charge is -2.03. The van der Waals surface area contributed by atoms with E-state index in [4.69, 9.17) is 11.6 Å². The van der Waals surface area contributed by atoms with Gasteiger partial charge in [-0.1, -0.05) is 53.6 Å². The summed E-state index contributed by atoms with van der Waals surface area (Å²) in [4.78, 5) is 21.0. The molecule has 1 N–H and O–H groups in total. The maximum Gasteiger partial charge on any atom is 0.260 e. The zero-order chi connectivity index (χ0) is 17.4. The molecule has 0 spiro atoms. The van der Waals surface area contributed by atoms with Crippen LogP contribution in [0.4, 0.5) is 0 Å². The number of halogens is 1. The van der Waals surface area contributed by atoms with E-state index in [1.165, 1.54) is 16.9 Å². The van der Waals surface area contributed by atoms with Crippen molar-refractivity contribution in [3.05, 3.63) is 86.2 Å². The highest BCUT2D eigenvalue weighted by Gasteiger charge is 2.13. The number of hydrogen-bond donors (Lipinski definition) is 1. The number of aromatic amines is 1. The molecule has 0 saturated carbocycles. The third-order valence-electron chi connectivity index (χ3n) is 4.14. The van der Waals surface area contributed by atoms with Crippen LogP contribution in [0.3, 0.4) is 0 Å². The van der Waals surface area contributed by atoms with Gasteiger partial charge in [-0.3, -0.25) is 4.79 Å². The van der Waals surface area contributed by atoms with E-state index in [1.807, 2.05) is 48.7 Å². The van der Waals surface area contributed by atoms with Crippen molar-refractivity contribution in [3.8, 4) is 11.1 Å². The number of hydrogen-bond acceptors (Lipinski definition) is 3. The van der Waals surface area contributed by atoms with Crippen molar-refractivity contribution in [2.24, 2.45) is 0 Å². The fraction of sp³-hybridized carbons (Fsp3) is 0.100. The van der Waals surface area contributed by atoms with Gasteiger partial charge in [-0.05, 0) is 30.2 Å². The van der Waals surface area contributed by atoms with Gasteiger partial charge in [0.25, 0.3) is 5.56 Å². The maximum atomic E-state index is 12.7. The highest BCUT2D eigenvalue weighted by atomic mass is 35.5. The average Bonchev–Trinajstić information content (AvgIpc) is 3.02. The Balaban J connectivity index is 1.75. The van der Waals surface area contributed by atoms with Crippen LogP contribution >= 0.6 is 22.9 Å². The van der Waals surface area contributed by atoms with E-state index in [0.717, 1.165) is 21.5 Å². The minimum atomic E-state index is -0.0919. The Kier molecular flexibility index (Phi) is 4.15. The van der Waals surface area contributed by atoms with Crippen LogP contribution in [0.2, 0.25) is 5.02 Å². The van der Waals surface area contributed by atoms with Crippen LogP contribution < -0.4 is 5.56 Å². The Bertz CT molecular complexity index is 1100. The summed E-state index contributed by atoms with van der Waals surface area (Å²) in [5, 5.41) is 3.36. The number of nitrogens with one attached hydrogen (secondary N) is 1. The van der Waals surface area contributed by atoms with Gasteiger partial charge in [-0.2, -0.15) is 0 Å². The van der Waals surface area contributed by atoms with Gasteiger partial charge in [-0.25, -0.2) is 4.98 Å². The molecule has 4 rings (SSSR count). The van der Waals surface area contributed by atoms with E-state index in [9.17, 15) is 4.79 Å². The van der Waals surface area contributed by atoms with Crippen LogP contribution in [-0.2, 0) is 6.42 Å². The first-order valence-corrected chi connectivity index (χ1v) is 9.18. The standard InChI is InChI=1S/C20H15ClN2OS/c1-12-2-6-14(7-3-12)16-11-25-20-18(16)19(24)22-17(23-20)10-13-4-8-15(21)9-5-13/h2-9,11H,10H2,1H3,(H,22,23,24). The summed E-state index contributed by atoms with van der Waals surface area (Å²) >= 11 is 7.42. The van der Waals surface area contributed by atoms with Crippen molar-refractivity contribution < 1.29 is 0 Å². The minimum absolute atomic E-state index is 0.0919. The lowest BCUT2D eigenvalue weighted by Crippen LogP contribution is -2.11. The molecule has 2 heterocycles. The lowest BCUT2D eigenvalue weighted by atomic mass is 10.1. The zero-order valence-electron chi connectivity index (χ0n) is 13.5. The zero-order valence-corrected chi connectivity index (χ0v) is 15.1. The van der Waals surface area contributed by atoms with Crippen LogP contribution in [-0.4, -0.2) is 9.97 Å². The number of rotatable bonds is 3. The molecule has 0 radical (unpaired) electrons. The Morgan fingerprint density at radius 1 is 1.08 bits per heavy atom. The molecule has 0 atom stereocenters. The van der Waals surface area contributed by atoms with Crippen molar-refractivity contribution in [1.29, 1.82) is 0 Å². The number of benzene rings is 2. The molecule has 0 saturated heterocycles. The quantitative estimate of drug-likeness (QED) is 0.541. The first-order chi connectivity index (χ1) is 12.1. The molecule has 25 heavy (non-hydrogen) atoms. The number of aromatic nitrogens is 2. The molecular weight excluding hydrogens is 352 g/mol. The molecule has 0 aliphatic rings. The maximum absolute atomic E-state index is 12.7. The van der Waals surface area contributed by atoms with Crippen LogP contribution in [0.25, 0.3) is 21.3 Å². The van der Waals surface area contributed by atoms with Gasteiger partial charge < -0.3 is 4.98 Å². The van der Waals surface area contributed by atoms with Crippen LogP contribution in [0.5, 0.6) is 0 Å². The van der Waals surface area contributed by atoms with Gasteiger partial charge in [0.15, 0.2) is 0 Å². The van der Waals surface area contributed by atoms with Gasteiger partial charge in [0, 0.05) is 22.4 Å². The smallest absolute Gasteiger partial charge is 0.260 e. The molecule has 0 bridgehead atoms. The number of nitrogens with zero attached hydrogens (tertiary/aromatic N) is 1. The first kappa shape index (κ1) is 16.1. The second kappa shape index (κ2) is 6.47. The number of fused-ring (bicyclic) bond motifs is 1. The molecule has 4 aromatic rings. The van der Waals surface area contributed by atoms with Gasteiger partial charge in [0.05, 0.1) is 5.39 Å². The lowest BCUT2D eigenvalue weighted by molar-refractivity contribution is 0.977. The second-order valence-electron chi connectivity index (χ2n) is 6.01. The third-order valence-corrected chi connectivity index (χ3v) is 5.26. The Morgan fingerprint density at radius 3 is 2.52 bits per heavy atom. The van der Waals surface area contributed by atoms with E-state index in [0.29, 0.717) is 22.7 Å². The van der Waals surface area contributed by atoms with Crippen molar-refractivity contribution in [1.82, 2.24) is 9.97 Å². The fourth-order valence-electron chi connectivity index (χ4n) is 2.82. The predicted molar refractivity (Wildman–Crippen MR) is 105 cm³/mol. The SMILES string of the molecule is Cc1ccc(-c2csc3nc(Cc4ccc(Cl)cc4)[nH]c(=O)c23)cc1. The summed E-state index contributed by atoms with van der Waals surface area (Å²) in [7, 11) is 0. The molecule has 124 valence electrons. The van der Waals surface area contributed by atoms with E-state index in [2.05, 4.69) is 22.1 Å². The summed E-state index contributed by atoms with van der Waals surface area (Å²) in [5.41, 5.74) is 4.13. The second-order valence-corrected chi connectivity index (χ2v) is 7.31. The molecule has 2 aromatic heterocycles. The summed E-state index contributed by atoms with van der Waals surface area (Å²) in [5.74, 6) is 0.664. The van der Waals surface area contributed by atoms with Crippen LogP contribution in [0.1, 0.15) is 17.0 Å².